The summed E-state index contributed by atoms with van der Waals surface area (Å²) in [7, 11) is 0.220. The van der Waals surface area contributed by atoms with E-state index >= 15 is 0 Å². The fourth-order valence-electron chi connectivity index (χ4n) is 9.27. The Bertz CT molecular complexity index is 898. The van der Waals surface area contributed by atoms with Gasteiger partial charge in [-0.1, -0.05) is 277 Å². The van der Waals surface area contributed by atoms with E-state index in [1.165, 1.54) is 244 Å². The molecular formula is C58H119NO5SSi. The van der Waals surface area contributed by atoms with Crippen LogP contribution in [-0.4, -0.2) is 72.4 Å². The van der Waals surface area contributed by atoms with Crippen molar-refractivity contribution in [3.8, 4) is 0 Å². The molecule has 1 N–H and O–H groups in total. The number of likely N-dealkylation sites (N-methyl/N-ethyl adjacent to an activating group) is 1. The molecule has 0 aromatic heterocycles. The molecule has 0 amide bonds. The minimum atomic E-state index is -1.96. The molecule has 0 fully saturated rings. The highest BCUT2D eigenvalue weighted by Crippen LogP contribution is 2.26. The number of ether oxygens (including phenoxy) is 2. The molecule has 0 spiro atoms. The highest BCUT2D eigenvalue weighted by Gasteiger charge is 2.29. The van der Waals surface area contributed by atoms with E-state index in [1.54, 1.807) is 11.8 Å². The predicted molar refractivity (Wildman–Crippen MR) is 296 cm³/mol. The highest BCUT2D eigenvalue weighted by molar-refractivity contribution is 8.13. The third-order valence-electron chi connectivity index (χ3n) is 14.0. The van der Waals surface area contributed by atoms with E-state index in [1.807, 2.05) is 0 Å². The van der Waals surface area contributed by atoms with Crippen molar-refractivity contribution in [2.75, 3.05) is 52.4 Å². The predicted octanol–water partition coefficient (Wildman–Crippen LogP) is 18.3. The Hall–Kier alpha value is 0.0369. The van der Waals surface area contributed by atoms with Crippen molar-refractivity contribution in [3.05, 3.63) is 0 Å². The van der Waals surface area contributed by atoms with Crippen LogP contribution in [0.25, 0.3) is 0 Å². The van der Waals surface area contributed by atoms with Crippen molar-refractivity contribution in [1.29, 1.82) is 0 Å². The number of hydrogen-bond donors (Lipinski definition) is 1. The second kappa shape index (κ2) is 56.0. The maximum Gasteiger partial charge on any atom is 0.321 e. The zero-order valence-electron chi connectivity index (χ0n) is 45.6. The van der Waals surface area contributed by atoms with Crippen molar-refractivity contribution >= 4 is 26.2 Å². The Morgan fingerprint density at radius 1 is 0.409 bits per heavy atom. The summed E-state index contributed by atoms with van der Waals surface area (Å²) in [5.41, 5.74) is -0.00455. The van der Waals surface area contributed by atoms with Gasteiger partial charge in [0.15, 0.2) is 5.12 Å². The average molecular weight is 971 g/mol. The van der Waals surface area contributed by atoms with Crippen LogP contribution in [0.4, 0.5) is 0 Å². The Kier molecular flexibility index (Phi) is 56.0. The van der Waals surface area contributed by atoms with Gasteiger partial charge in [-0.2, -0.15) is 0 Å². The van der Waals surface area contributed by atoms with Crippen molar-refractivity contribution < 1.29 is 23.1 Å². The lowest BCUT2D eigenvalue weighted by atomic mass is 9.87. The molecule has 0 saturated heterocycles. The van der Waals surface area contributed by atoms with Crippen LogP contribution in [0.5, 0.6) is 0 Å². The molecule has 0 aromatic rings. The van der Waals surface area contributed by atoms with Crippen molar-refractivity contribution in [2.45, 2.75) is 315 Å². The average Bonchev–Trinajstić information content (AvgIpc) is 3.33. The van der Waals surface area contributed by atoms with E-state index in [4.69, 9.17) is 18.3 Å². The second-order valence-corrected chi connectivity index (χ2v) is 23.6. The number of hydrogen-bond acceptors (Lipinski definition) is 7. The van der Waals surface area contributed by atoms with Crippen LogP contribution in [0, 0.1) is 0 Å². The summed E-state index contributed by atoms with van der Waals surface area (Å²) >= 11 is 1.54. The van der Waals surface area contributed by atoms with Gasteiger partial charge in [0.1, 0.15) is 0 Å². The molecule has 0 radical (unpaired) electrons. The lowest BCUT2D eigenvalue weighted by Crippen LogP contribution is -2.49. The SMILES string of the molecule is CCCCCCCCCCCCCCCCC(CCCCCCCCCCCCCCCC)(CO[SiH](CCCSC(=O)CCCCCCCCCCC)OCCOCCOCCCC)NC. The third kappa shape index (κ3) is 49.0. The fourth-order valence-corrected chi connectivity index (χ4v) is 12.2. The molecule has 1 atom stereocenters. The van der Waals surface area contributed by atoms with E-state index in [0.29, 0.717) is 31.5 Å². The Balaban J connectivity index is 5.07. The molecule has 8 heteroatoms. The number of carbonyl (C=O) groups is 1. The summed E-state index contributed by atoms with van der Waals surface area (Å²) in [4.78, 5) is 12.8. The summed E-state index contributed by atoms with van der Waals surface area (Å²) in [6, 6.07) is 0.940. The van der Waals surface area contributed by atoms with Gasteiger partial charge in [-0.15, -0.1) is 0 Å². The van der Waals surface area contributed by atoms with Crippen LogP contribution in [0.3, 0.4) is 0 Å². The minimum Gasteiger partial charge on any atom is -0.395 e. The monoisotopic (exact) mass is 970 g/mol. The van der Waals surface area contributed by atoms with E-state index in [2.05, 4.69) is 40.1 Å². The summed E-state index contributed by atoms with van der Waals surface area (Å²) in [5.74, 6) is 0.868. The molecule has 0 aliphatic rings. The largest absolute Gasteiger partial charge is 0.395 e. The standard InChI is InChI=1S/C58H119NO5SSi/c1-6-10-14-17-20-23-25-27-29-31-34-37-40-43-47-58(59-5,48-44-41-38-35-32-30-28-26-24-21-18-15-11-7-2)56-64-66(63-53-52-62-51-50-61-49-13-9-4)55-45-54-65-57(60)46-42-39-36-33-22-19-16-12-8-3/h59,66H,6-56H2,1-5H3. The third-order valence-corrected chi connectivity index (χ3v) is 17.0. The molecule has 0 rings (SSSR count). The molecule has 0 saturated carbocycles. The van der Waals surface area contributed by atoms with Gasteiger partial charge in [-0.3, -0.25) is 4.79 Å². The Labute approximate surface area is 420 Å². The zero-order chi connectivity index (χ0) is 48.0. The molecule has 396 valence electrons. The summed E-state index contributed by atoms with van der Waals surface area (Å²) < 4.78 is 25.1. The van der Waals surface area contributed by atoms with Crippen LogP contribution in [0.15, 0.2) is 0 Å². The van der Waals surface area contributed by atoms with Gasteiger partial charge < -0.3 is 23.6 Å². The molecule has 6 nitrogen and oxygen atoms in total. The van der Waals surface area contributed by atoms with Gasteiger partial charge in [0.25, 0.3) is 0 Å². The first kappa shape index (κ1) is 66.0. The van der Waals surface area contributed by atoms with Crippen molar-refractivity contribution in [1.82, 2.24) is 5.32 Å². The molecule has 0 bridgehead atoms. The summed E-state index contributed by atoms with van der Waals surface area (Å²) in [6.07, 6.45) is 56.9. The minimum absolute atomic E-state index is 0.00455. The van der Waals surface area contributed by atoms with Gasteiger partial charge in [0, 0.05) is 24.3 Å². The van der Waals surface area contributed by atoms with E-state index in [-0.39, 0.29) is 5.54 Å². The first-order chi connectivity index (χ1) is 32.6. The van der Waals surface area contributed by atoms with Crippen molar-refractivity contribution in [2.24, 2.45) is 0 Å². The topological polar surface area (TPSA) is 66.0 Å². The molecule has 1 unspecified atom stereocenters. The van der Waals surface area contributed by atoms with Crippen LogP contribution in [-0.2, 0) is 23.1 Å². The Morgan fingerprint density at radius 2 is 0.758 bits per heavy atom. The molecule has 0 aliphatic carbocycles. The number of nitrogens with one attached hydrogen (secondary N) is 1. The highest BCUT2D eigenvalue weighted by atomic mass is 32.2. The van der Waals surface area contributed by atoms with Gasteiger partial charge in [0.2, 0.25) is 0 Å². The number of rotatable bonds is 58. The number of thioether (sulfide) groups is 1. The fraction of sp³-hybridized carbons (Fsp3) is 0.983. The molecule has 0 heterocycles. The first-order valence-corrected chi connectivity index (χ1v) is 32.5. The lowest BCUT2D eigenvalue weighted by Gasteiger charge is -2.35. The van der Waals surface area contributed by atoms with Gasteiger partial charge in [0.05, 0.1) is 33.0 Å². The second-order valence-electron chi connectivity index (χ2n) is 20.4. The first-order valence-electron chi connectivity index (χ1n) is 29.8. The molecule has 66 heavy (non-hydrogen) atoms. The lowest BCUT2D eigenvalue weighted by molar-refractivity contribution is -0.111. The molecular weight excluding hydrogens is 851 g/mol. The quantitative estimate of drug-likeness (QED) is 0.0481. The summed E-state index contributed by atoms with van der Waals surface area (Å²) in [6.45, 7) is 13.0. The van der Waals surface area contributed by atoms with E-state index in [9.17, 15) is 4.79 Å². The van der Waals surface area contributed by atoms with E-state index < -0.39 is 9.28 Å². The van der Waals surface area contributed by atoms with Gasteiger partial charge in [-0.05, 0) is 45.2 Å². The number of carbonyl (C=O) groups excluding carboxylic acids is 1. The zero-order valence-corrected chi connectivity index (χ0v) is 47.6. The van der Waals surface area contributed by atoms with E-state index in [0.717, 1.165) is 57.1 Å². The van der Waals surface area contributed by atoms with Crippen LogP contribution in [0.2, 0.25) is 6.04 Å². The van der Waals surface area contributed by atoms with Crippen molar-refractivity contribution in [3.63, 3.8) is 0 Å². The number of unbranched alkanes of at least 4 members (excludes halogenated alkanes) is 35. The van der Waals surface area contributed by atoms with Crippen LogP contribution >= 0.6 is 11.8 Å². The van der Waals surface area contributed by atoms with Crippen LogP contribution < -0.4 is 5.32 Å². The maximum absolute atomic E-state index is 12.8. The van der Waals surface area contributed by atoms with Crippen LogP contribution in [0.1, 0.15) is 304 Å². The normalized spacial score (nSPS) is 12.4. The van der Waals surface area contributed by atoms with Gasteiger partial charge in [-0.25, -0.2) is 0 Å². The Morgan fingerprint density at radius 3 is 1.15 bits per heavy atom. The molecule has 0 aromatic carbocycles. The maximum atomic E-state index is 12.8. The van der Waals surface area contributed by atoms with Gasteiger partial charge >= 0.3 is 9.28 Å². The smallest absolute Gasteiger partial charge is 0.321 e. The molecule has 0 aliphatic heterocycles. The summed E-state index contributed by atoms with van der Waals surface area (Å²) in [5, 5.41) is 4.21.